The Kier molecular flexibility index (Phi) is 5.64. The van der Waals surface area contributed by atoms with Gasteiger partial charge in [0, 0.05) is 25.2 Å². The first-order valence-electron chi connectivity index (χ1n) is 11.1. The van der Waals surface area contributed by atoms with Crippen LogP contribution < -0.4 is 4.90 Å². The van der Waals surface area contributed by atoms with E-state index in [0.29, 0.717) is 12.0 Å². The van der Waals surface area contributed by atoms with Crippen molar-refractivity contribution in [2.24, 2.45) is 5.92 Å². The van der Waals surface area contributed by atoms with E-state index in [2.05, 4.69) is 6.07 Å². The fraction of sp³-hybridized carbons (Fsp3) is 0.269. The standard InChI is InChI=1S/C26H24FN3O3S/c1-29-24-9-8-19(18-5-2-4-17(12-18)15-28)13-23(24)26-22(25(29)16-31)10-11-30(26)34(32,33)21-7-3-6-20(27)14-21/h2-9,12-14,22,25-26,31H,10-11,16H2,1H3/t22-,25-,26-/m0/s1. The van der Waals surface area contributed by atoms with E-state index in [9.17, 15) is 23.2 Å². The quantitative estimate of drug-likeness (QED) is 0.616. The van der Waals surface area contributed by atoms with Gasteiger partial charge in [-0.25, -0.2) is 12.8 Å². The molecule has 0 amide bonds. The molecule has 2 aliphatic heterocycles. The van der Waals surface area contributed by atoms with Crippen molar-refractivity contribution in [1.82, 2.24) is 4.31 Å². The van der Waals surface area contributed by atoms with Crippen molar-refractivity contribution in [3.8, 4) is 17.2 Å². The van der Waals surface area contributed by atoms with Gasteiger partial charge in [-0.1, -0.05) is 24.3 Å². The molecule has 174 valence electrons. The summed E-state index contributed by atoms with van der Waals surface area (Å²) in [6, 6.07) is 19.6. The summed E-state index contributed by atoms with van der Waals surface area (Å²) in [6.07, 6.45) is 0.586. The second kappa shape index (κ2) is 8.51. The zero-order chi connectivity index (χ0) is 24.0. The van der Waals surface area contributed by atoms with Gasteiger partial charge in [-0.15, -0.1) is 0 Å². The third-order valence-corrected chi connectivity index (χ3v) is 8.91. The lowest BCUT2D eigenvalue weighted by Crippen LogP contribution is -2.48. The Morgan fingerprint density at radius 2 is 1.85 bits per heavy atom. The zero-order valence-corrected chi connectivity index (χ0v) is 19.4. The summed E-state index contributed by atoms with van der Waals surface area (Å²) >= 11 is 0. The molecule has 0 aliphatic carbocycles. The number of aliphatic hydroxyl groups excluding tert-OH is 1. The van der Waals surface area contributed by atoms with Gasteiger partial charge in [0.25, 0.3) is 0 Å². The van der Waals surface area contributed by atoms with Crippen molar-refractivity contribution in [1.29, 1.82) is 5.26 Å². The molecule has 0 aromatic heterocycles. The van der Waals surface area contributed by atoms with Crippen molar-refractivity contribution in [3.05, 3.63) is 83.7 Å². The number of hydrogen-bond acceptors (Lipinski definition) is 5. The van der Waals surface area contributed by atoms with Gasteiger partial charge in [0.1, 0.15) is 5.82 Å². The third kappa shape index (κ3) is 3.57. The molecule has 5 rings (SSSR count). The lowest BCUT2D eigenvalue weighted by Gasteiger charge is -2.44. The van der Waals surface area contributed by atoms with Crippen LogP contribution in [0.1, 0.15) is 23.6 Å². The molecule has 2 aliphatic rings. The van der Waals surface area contributed by atoms with Crippen molar-refractivity contribution < 1.29 is 17.9 Å². The molecular weight excluding hydrogens is 453 g/mol. The second-order valence-electron chi connectivity index (χ2n) is 8.80. The summed E-state index contributed by atoms with van der Waals surface area (Å²) in [5.41, 5.74) is 3.97. The number of halogens is 1. The highest BCUT2D eigenvalue weighted by Crippen LogP contribution is 2.51. The first-order valence-corrected chi connectivity index (χ1v) is 12.5. The molecule has 3 aromatic rings. The number of fused-ring (bicyclic) bond motifs is 3. The first kappa shape index (κ1) is 22.5. The van der Waals surface area contributed by atoms with Crippen LogP contribution in [-0.2, 0) is 10.0 Å². The second-order valence-corrected chi connectivity index (χ2v) is 10.7. The molecule has 0 bridgehead atoms. The highest BCUT2D eigenvalue weighted by Gasteiger charge is 2.50. The molecule has 34 heavy (non-hydrogen) atoms. The summed E-state index contributed by atoms with van der Waals surface area (Å²) in [7, 11) is -2.05. The van der Waals surface area contributed by atoms with E-state index < -0.39 is 21.9 Å². The van der Waals surface area contributed by atoms with Gasteiger partial charge in [0.2, 0.25) is 10.0 Å². The van der Waals surface area contributed by atoms with Crippen molar-refractivity contribution in [3.63, 3.8) is 0 Å². The van der Waals surface area contributed by atoms with Crippen LogP contribution in [0.3, 0.4) is 0 Å². The van der Waals surface area contributed by atoms with Gasteiger partial charge in [0.05, 0.1) is 35.2 Å². The van der Waals surface area contributed by atoms with Gasteiger partial charge in [-0.05, 0) is 65.6 Å². The molecule has 3 atom stereocenters. The minimum absolute atomic E-state index is 0.0768. The van der Waals surface area contributed by atoms with Crippen molar-refractivity contribution in [2.45, 2.75) is 23.4 Å². The number of hydrogen-bond donors (Lipinski definition) is 1. The fourth-order valence-electron chi connectivity index (χ4n) is 5.39. The largest absolute Gasteiger partial charge is 0.394 e. The first-order chi connectivity index (χ1) is 16.3. The van der Waals surface area contributed by atoms with Gasteiger partial charge in [-0.3, -0.25) is 0 Å². The molecule has 1 N–H and O–H groups in total. The number of sulfonamides is 1. The van der Waals surface area contributed by atoms with Gasteiger partial charge < -0.3 is 10.0 Å². The summed E-state index contributed by atoms with van der Waals surface area (Å²) in [4.78, 5) is 1.94. The maximum Gasteiger partial charge on any atom is 0.243 e. The van der Waals surface area contributed by atoms with E-state index in [4.69, 9.17) is 0 Å². The Morgan fingerprint density at radius 1 is 1.09 bits per heavy atom. The van der Waals surface area contributed by atoms with E-state index in [1.165, 1.54) is 22.5 Å². The van der Waals surface area contributed by atoms with Crippen LogP contribution in [0.2, 0.25) is 0 Å². The molecule has 0 radical (unpaired) electrons. The number of anilines is 1. The predicted octanol–water partition coefficient (Wildman–Crippen LogP) is 3.93. The van der Waals surface area contributed by atoms with Crippen LogP contribution >= 0.6 is 0 Å². The fourth-order valence-corrected chi connectivity index (χ4v) is 7.09. The Labute approximate surface area is 198 Å². The topological polar surface area (TPSA) is 84.6 Å². The summed E-state index contributed by atoms with van der Waals surface area (Å²) < 4.78 is 42.6. The number of aliphatic hydroxyl groups is 1. The SMILES string of the molecule is CN1c2ccc(-c3cccc(C#N)c3)cc2[C@@H]2[C@@H](CCN2S(=O)(=O)c2cccc(F)c2)[C@@H]1CO. The monoisotopic (exact) mass is 477 g/mol. The van der Waals surface area contributed by atoms with Gasteiger partial charge in [0.15, 0.2) is 0 Å². The molecule has 0 spiro atoms. The van der Waals surface area contributed by atoms with E-state index >= 15 is 0 Å². The third-order valence-electron chi connectivity index (χ3n) is 7.03. The minimum atomic E-state index is -3.96. The zero-order valence-electron chi connectivity index (χ0n) is 18.6. The molecular formula is C26H24FN3O3S. The Balaban J connectivity index is 1.65. The summed E-state index contributed by atoms with van der Waals surface area (Å²) in [5.74, 6) is -0.722. The predicted molar refractivity (Wildman–Crippen MR) is 127 cm³/mol. The number of nitriles is 1. The minimum Gasteiger partial charge on any atom is -0.394 e. The molecule has 6 nitrogen and oxygen atoms in total. The van der Waals surface area contributed by atoms with E-state index in [-0.39, 0.29) is 30.0 Å². The lowest BCUT2D eigenvalue weighted by atomic mass is 9.81. The Hall–Kier alpha value is -3.25. The Bertz CT molecular complexity index is 1400. The van der Waals surface area contributed by atoms with E-state index in [0.717, 1.165) is 28.4 Å². The molecule has 0 saturated carbocycles. The Morgan fingerprint density at radius 3 is 2.59 bits per heavy atom. The lowest BCUT2D eigenvalue weighted by molar-refractivity contribution is 0.193. The highest BCUT2D eigenvalue weighted by atomic mass is 32.2. The van der Waals surface area contributed by atoms with E-state index in [1.54, 1.807) is 12.1 Å². The van der Waals surface area contributed by atoms with Crippen LogP contribution in [0.4, 0.5) is 10.1 Å². The number of nitrogens with zero attached hydrogens (tertiary/aromatic N) is 3. The highest BCUT2D eigenvalue weighted by molar-refractivity contribution is 7.89. The normalized spacial score (nSPS) is 22.2. The molecule has 1 saturated heterocycles. The van der Waals surface area contributed by atoms with Crippen LogP contribution in [-0.4, -0.2) is 44.1 Å². The molecule has 8 heteroatoms. The van der Waals surface area contributed by atoms with Crippen molar-refractivity contribution >= 4 is 15.7 Å². The number of likely N-dealkylation sites (N-methyl/N-ethyl adjacent to an activating group) is 1. The summed E-state index contributed by atoms with van der Waals surface area (Å²) in [6.45, 7) is 0.184. The summed E-state index contributed by atoms with van der Waals surface area (Å²) in [5, 5.41) is 19.5. The van der Waals surface area contributed by atoms with Crippen LogP contribution in [0.5, 0.6) is 0 Å². The maximum absolute atomic E-state index is 13.9. The number of rotatable bonds is 4. The molecule has 1 fully saturated rings. The number of benzene rings is 3. The average molecular weight is 478 g/mol. The maximum atomic E-state index is 13.9. The van der Waals surface area contributed by atoms with E-state index in [1.807, 2.05) is 42.3 Å². The average Bonchev–Trinajstić information content (AvgIpc) is 3.30. The van der Waals surface area contributed by atoms with Crippen molar-refractivity contribution in [2.75, 3.05) is 25.1 Å². The smallest absolute Gasteiger partial charge is 0.243 e. The molecule has 3 aromatic carbocycles. The van der Waals surface area contributed by atoms with Gasteiger partial charge >= 0.3 is 0 Å². The van der Waals surface area contributed by atoms with Crippen LogP contribution in [0.25, 0.3) is 11.1 Å². The van der Waals surface area contributed by atoms with Crippen LogP contribution in [0.15, 0.2) is 71.6 Å². The van der Waals surface area contributed by atoms with Gasteiger partial charge in [-0.2, -0.15) is 9.57 Å². The van der Waals surface area contributed by atoms with Crippen LogP contribution in [0, 0.1) is 23.1 Å². The molecule has 2 heterocycles. The molecule has 0 unspecified atom stereocenters.